The molecule has 0 aromatic heterocycles. The first-order chi connectivity index (χ1) is 40.0. The monoisotopic (exact) mass is 1260 g/mol. The molecule has 0 saturated carbocycles. The van der Waals surface area contributed by atoms with Crippen molar-refractivity contribution in [1.82, 2.24) is 16.0 Å². The molecule has 0 amide bonds. The van der Waals surface area contributed by atoms with Crippen molar-refractivity contribution in [2.24, 2.45) is 15.4 Å². The fourth-order valence-corrected chi connectivity index (χ4v) is 10.7. The summed E-state index contributed by atoms with van der Waals surface area (Å²) in [6, 6.07) is 38.1. The molecule has 3 atom stereocenters. The Morgan fingerprint density at radius 3 is 0.788 bits per heavy atom. The number of sulfonamides is 3. The van der Waals surface area contributed by atoms with Crippen molar-refractivity contribution in [3.8, 4) is 51.7 Å². The van der Waals surface area contributed by atoms with E-state index in [1.54, 1.807) is 36.4 Å². The molecule has 6 rings (SSSR count). The van der Waals surface area contributed by atoms with Crippen LogP contribution < -0.4 is 74.0 Å². The van der Waals surface area contributed by atoms with Crippen LogP contribution >= 0.6 is 12.4 Å². The van der Waals surface area contributed by atoms with E-state index in [2.05, 4.69) is 16.0 Å². The molecule has 0 radical (unpaired) electrons. The Kier molecular flexibility index (Phi) is 31.7. The van der Waals surface area contributed by atoms with E-state index in [1.165, 1.54) is 21.3 Å². The van der Waals surface area contributed by atoms with E-state index < -0.39 is 30.1 Å². The molecule has 0 spiro atoms. The number of hydrogen-bond acceptors (Lipinski definition) is 18. The van der Waals surface area contributed by atoms with Crippen LogP contribution in [0.3, 0.4) is 0 Å². The van der Waals surface area contributed by atoms with Gasteiger partial charge in [0.15, 0.2) is 34.5 Å². The highest BCUT2D eigenvalue weighted by Gasteiger charge is 2.20. The van der Waals surface area contributed by atoms with E-state index in [1.807, 2.05) is 133 Å². The fourth-order valence-electron chi connectivity index (χ4n) is 8.42. The predicted molar refractivity (Wildman–Crippen MR) is 333 cm³/mol. The maximum absolute atomic E-state index is 11.7. The standard InChI is InChI=1S/3C20H28N2O5S.ClH/c3*1-4-26-17-7-5-6-8-18(17)27-12-11-22-15(2)13-16-9-10-19(25-3)20(14-16)28(21,23)24;/h3*5-10,14-15,22H,4,11-13H2,1-3H3,(H2,21,23,24);1H/t3*15-;/m111./s1. The van der Waals surface area contributed by atoms with Crippen LogP contribution in [0.15, 0.2) is 142 Å². The zero-order chi connectivity index (χ0) is 61.7. The van der Waals surface area contributed by atoms with Gasteiger partial charge in [0.2, 0.25) is 30.1 Å². The van der Waals surface area contributed by atoms with Crippen molar-refractivity contribution >= 4 is 42.5 Å². The number of benzene rings is 6. The van der Waals surface area contributed by atoms with Gasteiger partial charge in [0, 0.05) is 37.8 Å². The highest BCUT2D eigenvalue weighted by atomic mass is 35.5. The third-order valence-corrected chi connectivity index (χ3v) is 15.0. The van der Waals surface area contributed by atoms with E-state index in [-0.39, 0.29) is 62.5 Å². The molecule has 470 valence electrons. The molecular formula is C60H85ClN6O15S3. The highest BCUT2D eigenvalue weighted by molar-refractivity contribution is 7.89. The normalized spacial score (nSPS) is 12.3. The summed E-state index contributed by atoms with van der Waals surface area (Å²) in [4.78, 5) is -0.0123. The van der Waals surface area contributed by atoms with Crippen LogP contribution in [0.4, 0.5) is 0 Å². The van der Waals surface area contributed by atoms with E-state index in [0.717, 1.165) is 33.9 Å². The van der Waals surface area contributed by atoms with Crippen molar-refractivity contribution in [2.45, 2.75) is 93.6 Å². The van der Waals surface area contributed by atoms with Gasteiger partial charge < -0.3 is 58.6 Å². The molecule has 0 bridgehead atoms. The third-order valence-electron chi connectivity index (χ3n) is 12.2. The van der Waals surface area contributed by atoms with E-state index in [9.17, 15) is 25.3 Å². The summed E-state index contributed by atoms with van der Waals surface area (Å²) in [5, 5.41) is 25.9. The minimum atomic E-state index is -3.84. The van der Waals surface area contributed by atoms with Gasteiger partial charge in [0.25, 0.3) is 0 Å². The Morgan fingerprint density at radius 1 is 0.365 bits per heavy atom. The van der Waals surface area contributed by atoms with Crippen LogP contribution in [-0.4, -0.2) is 124 Å². The minimum absolute atomic E-state index is 0. The van der Waals surface area contributed by atoms with E-state index in [0.29, 0.717) is 95.8 Å². The molecule has 6 aromatic rings. The fraction of sp³-hybridized carbons (Fsp3) is 0.400. The lowest BCUT2D eigenvalue weighted by molar-refractivity contribution is 0.272. The van der Waals surface area contributed by atoms with Gasteiger partial charge in [-0.1, -0.05) is 54.6 Å². The average molecular weight is 1260 g/mol. The van der Waals surface area contributed by atoms with Crippen LogP contribution in [0.1, 0.15) is 58.2 Å². The molecule has 0 unspecified atom stereocenters. The summed E-state index contributed by atoms with van der Waals surface area (Å²) in [5.41, 5.74) is 2.56. The second-order valence-electron chi connectivity index (χ2n) is 19.0. The number of nitrogens with two attached hydrogens (primary N) is 3. The molecule has 25 heteroatoms. The second kappa shape index (κ2) is 37.1. The van der Waals surface area contributed by atoms with Crippen molar-refractivity contribution in [1.29, 1.82) is 0 Å². The van der Waals surface area contributed by atoms with Crippen LogP contribution in [0.2, 0.25) is 0 Å². The van der Waals surface area contributed by atoms with Gasteiger partial charge in [-0.15, -0.1) is 12.4 Å². The van der Waals surface area contributed by atoms with Gasteiger partial charge in [-0.3, -0.25) is 0 Å². The van der Waals surface area contributed by atoms with Gasteiger partial charge in [-0.2, -0.15) is 0 Å². The van der Waals surface area contributed by atoms with Crippen LogP contribution in [0.25, 0.3) is 0 Å². The topological polar surface area (TPSA) is 300 Å². The van der Waals surface area contributed by atoms with Gasteiger partial charge in [0.05, 0.1) is 41.2 Å². The molecule has 9 N–H and O–H groups in total. The smallest absolute Gasteiger partial charge is 0.241 e. The number of nitrogens with one attached hydrogen (secondary N) is 3. The SMILES string of the molecule is CCOc1ccccc1OCCN[C@H](C)Cc1ccc(OC)c(S(N)(=O)=O)c1.CCOc1ccccc1OCCN[C@H](C)Cc1ccc(OC)c(S(N)(=O)=O)c1.CCOc1ccccc1OCCN[C@H](C)Cc1ccc(OC)c(S(N)(=O)=O)c1.Cl. The lowest BCUT2D eigenvalue weighted by atomic mass is 10.1. The molecule has 0 saturated heterocycles. The molecule has 0 aliphatic heterocycles. The van der Waals surface area contributed by atoms with Crippen molar-refractivity contribution in [3.63, 3.8) is 0 Å². The van der Waals surface area contributed by atoms with E-state index >= 15 is 0 Å². The molecular weight excluding hydrogens is 1180 g/mol. The minimum Gasteiger partial charge on any atom is -0.495 e. The summed E-state index contributed by atoms with van der Waals surface area (Å²) in [7, 11) is -7.28. The number of ether oxygens (including phenoxy) is 9. The number of para-hydroxylation sites is 6. The number of rotatable bonds is 33. The van der Waals surface area contributed by atoms with Crippen molar-refractivity contribution in [3.05, 3.63) is 144 Å². The van der Waals surface area contributed by atoms with Gasteiger partial charge in [0.1, 0.15) is 51.8 Å². The molecule has 0 heterocycles. The van der Waals surface area contributed by atoms with Gasteiger partial charge in [-0.25, -0.2) is 40.7 Å². The Morgan fingerprint density at radius 2 is 0.588 bits per heavy atom. The van der Waals surface area contributed by atoms with Crippen LogP contribution in [0.5, 0.6) is 51.7 Å². The van der Waals surface area contributed by atoms with Crippen molar-refractivity contribution < 1.29 is 67.9 Å². The number of methoxy groups -OCH3 is 3. The largest absolute Gasteiger partial charge is 0.495 e. The van der Waals surface area contributed by atoms with Gasteiger partial charge in [-0.05, 0) is 150 Å². The third kappa shape index (κ3) is 25.5. The average Bonchev–Trinajstić information content (AvgIpc) is 3.67. The summed E-state index contributed by atoms with van der Waals surface area (Å²) in [5.74, 6) is 5.06. The summed E-state index contributed by atoms with van der Waals surface area (Å²) in [6.45, 7) is 17.0. The lowest BCUT2D eigenvalue weighted by Gasteiger charge is -2.16. The maximum atomic E-state index is 11.7. The zero-order valence-corrected chi connectivity index (χ0v) is 53.1. The first-order valence-corrected chi connectivity index (χ1v) is 32.0. The Bertz CT molecular complexity index is 2960. The second-order valence-corrected chi connectivity index (χ2v) is 23.5. The van der Waals surface area contributed by atoms with Crippen molar-refractivity contribution in [2.75, 3.05) is 80.6 Å². The number of halogens is 1. The Labute approximate surface area is 509 Å². The van der Waals surface area contributed by atoms with Crippen LogP contribution in [0, 0.1) is 0 Å². The molecule has 0 aliphatic carbocycles. The maximum Gasteiger partial charge on any atom is 0.241 e. The summed E-state index contributed by atoms with van der Waals surface area (Å²) >= 11 is 0. The molecule has 0 aliphatic rings. The Hall–Kier alpha value is -6.58. The lowest BCUT2D eigenvalue weighted by Crippen LogP contribution is -2.32. The van der Waals surface area contributed by atoms with Gasteiger partial charge >= 0.3 is 0 Å². The first-order valence-electron chi connectivity index (χ1n) is 27.4. The molecule has 21 nitrogen and oxygen atoms in total. The molecule has 85 heavy (non-hydrogen) atoms. The quantitative estimate of drug-likeness (QED) is 0.0218. The van der Waals surface area contributed by atoms with Crippen LogP contribution in [-0.2, 0) is 49.3 Å². The zero-order valence-electron chi connectivity index (χ0n) is 49.8. The number of primary sulfonamides is 3. The Balaban J connectivity index is 0.000000332. The first kappa shape index (κ1) is 72.7. The molecule has 6 aromatic carbocycles. The highest BCUT2D eigenvalue weighted by Crippen LogP contribution is 2.30. The predicted octanol–water partition coefficient (Wildman–Crippen LogP) is 7.44. The number of hydrogen-bond donors (Lipinski definition) is 6. The summed E-state index contributed by atoms with van der Waals surface area (Å²) < 4.78 is 120. The molecule has 0 fully saturated rings. The van der Waals surface area contributed by atoms with E-state index in [4.69, 9.17) is 58.0 Å². The summed E-state index contributed by atoms with van der Waals surface area (Å²) in [6.07, 6.45) is 1.92.